The lowest BCUT2D eigenvalue weighted by molar-refractivity contribution is -0.121. The first-order valence-corrected chi connectivity index (χ1v) is 9.23. The molecule has 1 aliphatic rings. The number of ether oxygens (including phenoxy) is 2. The first-order chi connectivity index (χ1) is 13.5. The van der Waals surface area contributed by atoms with Gasteiger partial charge in [0.05, 0.1) is 6.20 Å². The van der Waals surface area contributed by atoms with Crippen molar-refractivity contribution >= 4 is 11.8 Å². The van der Waals surface area contributed by atoms with Gasteiger partial charge in [0.15, 0.2) is 11.5 Å². The Kier molecular flexibility index (Phi) is 6.41. The van der Waals surface area contributed by atoms with Crippen LogP contribution in [0.2, 0.25) is 0 Å². The third-order valence-corrected chi connectivity index (χ3v) is 4.19. The van der Waals surface area contributed by atoms with E-state index in [0.29, 0.717) is 31.1 Å². The highest BCUT2D eigenvalue weighted by Crippen LogP contribution is 2.32. The number of hydrogen-bond donors (Lipinski definition) is 1. The van der Waals surface area contributed by atoms with Gasteiger partial charge in [-0.25, -0.2) is 4.98 Å². The Labute approximate surface area is 163 Å². The Morgan fingerprint density at radius 1 is 1.21 bits per heavy atom. The van der Waals surface area contributed by atoms with Crippen molar-refractivity contribution in [3.05, 3.63) is 48.0 Å². The van der Waals surface area contributed by atoms with E-state index in [4.69, 9.17) is 9.47 Å². The molecule has 0 spiro atoms. The summed E-state index contributed by atoms with van der Waals surface area (Å²) in [4.78, 5) is 34.6. The van der Waals surface area contributed by atoms with Crippen LogP contribution in [0.4, 0.5) is 0 Å². The molecule has 0 unspecified atom stereocenters. The van der Waals surface area contributed by atoms with Gasteiger partial charge in [-0.15, -0.1) is 0 Å². The number of nitrogens with zero attached hydrogens (tertiary/aromatic N) is 3. The van der Waals surface area contributed by atoms with E-state index in [1.54, 1.807) is 4.90 Å². The third kappa shape index (κ3) is 5.18. The molecule has 0 radical (unpaired) electrons. The normalized spacial score (nSPS) is 12.1. The van der Waals surface area contributed by atoms with Crippen LogP contribution in [-0.2, 0) is 11.3 Å². The zero-order valence-corrected chi connectivity index (χ0v) is 16.1. The van der Waals surface area contributed by atoms with Crippen molar-refractivity contribution in [3.63, 3.8) is 0 Å². The lowest BCUT2D eigenvalue weighted by Crippen LogP contribution is -2.38. The van der Waals surface area contributed by atoms with E-state index >= 15 is 0 Å². The lowest BCUT2D eigenvalue weighted by Gasteiger charge is -2.24. The van der Waals surface area contributed by atoms with Crippen molar-refractivity contribution in [1.82, 2.24) is 20.2 Å². The molecule has 0 bridgehead atoms. The Balaban J connectivity index is 1.52. The van der Waals surface area contributed by atoms with Gasteiger partial charge in [0, 0.05) is 38.4 Å². The SMILES string of the molecule is CC(C)CN(CCC(=O)NCc1ccc2c(c1)OCO2)C(=O)c1cnccn1. The highest BCUT2D eigenvalue weighted by atomic mass is 16.7. The molecule has 1 aromatic carbocycles. The summed E-state index contributed by atoms with van der Waals surface area (Å²) in [7, 11) is 0. The maximum absolute atomic E-state index is 12.6. The molecular weight excluding hydrogens is 360 g/mol. The molecule has 2 aromatic rings. The van der Waals surface area contributed by atoms with Crippen LogP contribution in [-0.4, -0.2) is 46.6 Å². The van der Waals surface area contributed by atoms with Gasteiger partial charge >= 0.3 is 0 Å². The highest BCUT2D eigenvalue weighted by Gasteiger charge is 2.19. The number of aromatic nitrogens is 2. The van der Waals surface area contributed by atoms with Crippen LogP contribution in [0.15, 0.2) is 36.8 Å². The fraction of sp³-hybridized carbons (Fsp3) is 0.400. The van der Waals surface area contributed by atoms with E-state index in [1.165, 1.54) is 18.6 Å². The molecular formula is C20H24N4O4. The molecule has 2 amide bonds. The second-order valence-corrected chi connectivity index (χ2v) is 6.95. The Bertz CT molecular complexity index is 826. The van der Waals surface area contributed by atoms with Crippen molar-refractivity contribution in [2.24, 2.45) is 5.92 Å². The van der Waals surface area contributed by atoms with Gasteiger partial charge < -0.3 is 19.7 Å². The number of benzene rings is 1. The summed E-state index contributed by atoms with van der Waals surface area (Å²) in [6.45, 7) is 5.52. The number of hydrogen-bond acceptors (Lipinski definition) is 6. The monoisotopic (exact) mass is 384 g/mol. The molecule has 1 N–H and O–H groups in total. The van der Waals surface area contributed by atoms with Gasteiger partial charge in [0.1, 0.15) is 5.69 Å². The quantitative estimate of drug-likeness (QED) is 0.748. The second kappa shape index (κ2) is 9.16. The molecule has 0 saturated heterocycles. The smallest absolute Gasteiger partial charge is 0.274 e. The molecule has 0 aliphatic carbocycles. The van der Waals surface area contributed by atoms with Gasteiger partial charge in [0.25, 0.3) is 5.91 Å². The van der Waals surface area contributed by atoms with E-state index in [2.05, 4.69) is 15.3 Å². The van der Waals surface area contributed by atoms with Crippen LogP contribution in [0.1, 0.15) is 36.3 Å². The fourth-order valence-corrected chi connectivity index (χ4v) is 2.86. The van der Waals surface area contributed by atoms with Crippen LogP contribution >= 0.6 is 0 Å². The number of fused-ring (bicyclic) bond motifs is 1. The molecule has 0 saturated carbocycles. The summed E-state index contributed by atoms with van der Waals surface area (Å²) in [5.74, 6) is 1.33. The van der Waals surface area contributed by atoms with Crippen LogP contribution in [0.3, 0.4) is 0 Å². The molecule has 8 nitrogen and oxygen atoms in total. The lowest BCUT2D eigenvalue weighted by atomic mass is 10.2. The van der Waals surface area contributed by atoms with Gasteiger partial charge in [-0.2, -0.15) is 0 Å². The maximum Gasteiger partial charge on any atom is 0.274 e. The van der Waals surface area contributed by atoms with Crippen LogP contribution in [0.25, 0.3) is 0 Å². The second-order valence-electron chi connectivity index (χ2n) is 6.95. The summed E-state index contributed by atoms with van der Waals surface area (Å²) < 4.78 is 10.6. The molecule has 2 heterocycles. The van der Waals surface area contributed by atoms with Crippen LogP contribution in [0.5, 0.6) is 11.5 Å². The summed E-state index contributed by atoms with van der Waals surface area (Å²) in [6, 6.07) is 5.56. The van der Waals surface area contributed by atoms with E-state index < -0.39 is 0 Å². The average molecular weight is 384 g/mol. The topological polar surface area (TPSA) is 93.7 Å². The fourth-order valence-electron chi connectivity index (χ4n) is 2.86. The van der Waals surface area contributed by atoms with E-state index in [0.717, 1.165) is 5.56 Å². The molecule has 148 valence electrons. The first kappa shape index (κ1) is 19.6. The Hall–Kier alpha value is -3.16. The van der Waals surface area contributed by atoms with Gasteiger partial charge in [-0.05, 0) is 23.6 Å². The summed E-state index contributed by atoms with van der Waals surface area (Å²) in [5.41, 5.74) is 1.20. The number of carbonyl (C=O) groups excluding carboxylic acids is 2. The molecule has 0 fully saturated rings. The third-order valence-electron chi connectivity index (χ3n) is 4.19. The largest absolute Gasteiger partial charge is 0.454 e. The molecule has 3 rings (SSSR count). The summed E-state index contributed by atoms with van der Waals surface area (Å²) in [5, 5.41) is 2.88. The van der Waals surface area contributed by atoms with Gasteiger partial charge in [-0.1, -0.05) is 19.9 Å². The minimum Gasteiger partial charge on any atom is -0.454 e. The molecule has 1 aliphatic heterocycles. The summed E-state index contributed by atoms with van der Waals surface area (Å²) >= 11 is 0. The zero-order valence-electron chi connectivity index (χ0n) is 16.1. The number of rotatable bonds is 8. The molecule has 1 aromatic heterocycles. The highest BCUT2D eigenvalue weighted by molar-refractivity contribution is 5.92. The van der Waals surface area contributed by atoms with Crippen molar-refractivity contribution < 1.29 is 19.1 Å². The van der Waals surface area contributed by atoms with Crippen LogP contribution < -0.4 is 14.8 Å². The maximum atomic E-state index is 12.6. The molecule has 8 heteroatoms. The molecule has 28 heavy (non-hydrogen) atoms. The predicted molar refractivity (Wildman–Crippen MR) is 102 cm³/mol. The minimum absolute atomic E-state index is 0.127. The molecule has 0 atom stereocenters. The van der Waals surface area contributed by atoms with Gasteiger partial charge in [-0.3, -0.25) is 14.6 Å². The number of carbonyl (C=O) groups is 2. The van der Waals surface area contributed by atoms with Gasteiger partial charge in [0.2, 0.25) is 12.7 Å². The van der Waals surface area contributed by atoms with Crippen molar-refractivity contribution in [2.45, 2.75) is 26.8 Å². The van der Waals surface area contributed by atoms with E-state index in [-0.39, 0.29) is 36.6 Å². The van der Waals surface area contributed by atoms with Crippen LogP contribution in [0, 0.1) is 5.92 Å². The van der Waals surface area contributed by atoms with Crippen molar-refractivity contribution in [3.8, 4) is 11.5 Å². The van der Waals surface area contributed by atoms with Crippen molar-refractivity contribution in [2.75, 3.05) is 19.9 Å². The number of amides is 2. The number of nitrogens with one attached hydrogen (secondary N) is 1. The summed E-state index contributed by atoms with van der Waals surface area (Å²) in [6.07, 6.45) is 4.66. The van der Waals surface area contributed by atoms with E-state index in [9.17, 15) is 9.59 Å². The standard InChI is InChI=1S/C20H24N4O4/c1-14(2)12-24(20(26)16-11-21-6-7-22-16)8-5-19(25)23-10-15-3-4-17-18(9-15)28-13-27-17/h3-4,6-7,9,11,14H,5,8,10,12-13H2,1-2H3,(H,23,25). The predicted octanol–water partition coefficient (Wildman–Crippen LogP) is 2.01. The Morgan fingerprint density at radius 2 is 2.04 bits per heavy atom. The average Bonchev–Trinajstić information content (AvgIpc) is 3.17. The zero-order chi connectivity index (χ0) is 19.9. The van der Waals surface area contributed by atoms with E-state index in [1.807, 2.05) is 32.0 Å². The van der Waals surface area contributed by atoms with Crippen molar-refractivity contribution in [1.29, 1.82) is 0 Å². The Morgan fingerprint density at radius 3 is 2.79 bits per heavy atom. The first-order valence-electron chi connectivity index (χ1n) is 9.23. The minimum atomic E-state index is -0.217.